The lowest BCUT2D eigenvalue weighted by Gasteiger charge is -2.35. The second kappa shape index (κ2) is 4.69. The molecule has 1 aliphatic rings. The molecule has 0 radical (unpaired) electrons. The molecule has 2 heterocycles. The Balaban J connectivity index is 1.91. The van der Waals surface area contributed by atoms with Crippen LogP contribution in [0, 0.1) is 0 Å². The fourth-order valence-corrected chi connectivity index (χ4v) is 1.83. The van der Waals surface area contributed by atoms with Gasteiger partial charge < -0.3 is 14.4 Å². The first-order valence-corrected chi connectivity index (χ1v) is 5.02. The zero-order valence-corrected chi connectivity index (χ0v) is 8.67. The Morgan fingerprint density at radius 3 is 3.13 bits per heavy atom. The highest BCUT2D eigenvalue weighted by Gasteiger charge is 2.25. The van der Waals surface area contributed by atoms with Crippen molar-refractivity contribution in [3.63, 3.8) is 0 Å². The molecule has 0 saturated carbocycles. The van der Waals surface area contributed by atoms with Crippen LogP contribution in [0.2, 0.25) is 0 Å². The van der Waals surface area contributed by atoms with Gasteiger partial charge in [0.2, 0.25) is 6.39 Å². The first kappa shape index (κ1) is 10.5. The van der Waals surface area contributed by atoms with Crippen LogP contribution in [0.3, 0.4) is 0 Å². The third-order valence-electron chi connectivity index (χ3n) is 2.38. The predicted octanol–water partition coefficient (Wildman–Crippen LogP) is -0.349. The molecular weight excluding hydrogens is 198 g/mol. The molecule has 6 nitrogen and oxygen atoms in total. The number of nitrogens with zero attached hydrogens (tertiary/aromatic N) is 3. The van der Waals surface area contributed by atoms with E-state index in [1.807, 2.05) is 6.92 Å². The molecule has 84 valence electrons. The van der Waals surface area contributed by atoms with Gasteiger partial charge >= 0.3 is 0 Å². The van der Waals surface area contributed by atoms with Gasteiger partial charge in [-0.2, -0.15) is 4.98 Å². The number of rotatable bonds is 3. The van der Waals surface area contributed by atoms with Crippen molar-refractivity contribution in [2.45, 2.75) is 25.7 Å². The van der Waals surface area contributed by atoms with Crippen molar-refractivity contribution < 1.29 is 14.4 Å². The monoisotopic (exact) mass is 213 g/mol. The van der Waals surface area contributed by atoms with Crippen LogP contribution < -0.4 is 0 Å². The molecule has 1 N–H and O–H groups in total. The number of ether oxygens (including phenoxy) is 1. The maximum Gasteiger partial charge on any atom is 0.213 e. The maximum atomic E-state index is 9.05. The van der Waals surface area contributed by atoms with E-state index < -0.39 is 0 Å². The lowest BCUT2D eigenvalue weighted by atomic mass is 10.2. The van der Waals surface area contributed by atoms with E-state index in [0.717, 1.165) is 6.54 Å². The summed E-state index contributed by atoms with van der Waals surface area (Å²) in [4.78, 5) is 6.12. The SMILES string of the molecule is CC1CN(Cc2ncon2)CC(CO)O1. The van der Waals surface area contributed by atoms with Crippen molar-refractivity contribution in [3.8, 4) is 0 Å². The van der Waals surface area contributed by atoms with Crippen molar-refractivity contribution in [1.29, 1.82) is 0 Å². The standard InChI is InChI=1S/C9H15N3O3/c1-7-2-12(3-8(5-13)15-7)4-9-10-6-14-11-9/h6-8,13H,2-5H2,1H3. The zero-order valence-electron chi connectivity index (χ0n) is 8.67. The molecule has 1 aromatic rings. The van der Waals surface area contributed by atoms with E-state index in [2.05, 4.69) is 19.6 Å². The second-order valence-corrected chi connectivity index (χ2v) is 3.79. The average molecular weight is 213 g/mol. The minimum atomic E-state index is -0.111. The van der Waals surface area contributed by atoms with Gasteiger partial charge in [-0.05, 0) is 6.92 Å². The average Bonchev–Trinajstić information content (AvgIpc) is 2.69. The molecular formula is C9H15N3O3. The Morgan fingerprint density at radius 1 is 1.60 bits per heavy atom. The highest BCUT2D eigenvalue weighted by Crippen LogP contribution is 2.12. The van der Waals surface area contributed by atoms with Crippen LogP contribution in [-0.4, -0.2) is 52.1 Å². The molecule has 15 heavy (non-hydrogen) atoms. The Hall–Kier alpha value is -0.980. The van der Waals surface area contributed by atoms with E-state index in [4.69, 9.17) is 9.84 Å². The quantitative estimate of drug-likeness (QED) is 0.740. The lowest BCUT2D eigenvalue weighted by Crippen LogP contribution is -2.47. The largest absolute Gasteiger partial charge is 0.394 e. The van der Waals surface area contributed by atoms with E-state index in [9.17, 15) is 0 Å². The summed E-state index contributed by atoms with van der Waals surface area (Å²) in [5.41, 5.74) is 0. The number of aliphatic hydroxyl groups is 1. The van der Waals surface area contributed by atoms with Gasteiger partial charge in [-0.25, -0.2) is 0 Å². The van der Waals surface area contributed by atoms with Crippen molar-refractivity contribution in [1.82, 2.24) is 15.0 Å². The molecule has 2 atom stereocenters. The number of aliphatic hydroxyl groups excluding tert-OH is 1. The number of hydrogen-bond acceptors (Lipinski definition) is 6. The van der Waals surface area contributed by atoms with Gasteiger partial charge in [-0.15, -0.1) is 0 Å². The molecule has 2 unspecified atom stereocenters. The number of morpholine rings is 1. The lowest BCUT2D eigenvalue weighted by molar-refractivity contribution is -0.0978. The van der Waals surface area contributed by atoms with Crippen LogP contribution >= 0.6 is 0 Å². The van der Waals surface area contributed by atoms with E-state index in [0.29, 0.717) is 18.9 Å². The molecule has 0 bridgehead atoms. The van der Waals surface area contributed by atoms with Crippen LogP contribution in [0.1, 0.15) is 12.7 Å². The first-order chi connectivity index (χ1) is 7.28. The molecule has 2 rings (SSSR count). The summed E-state index contributed by atoms with van der Waals surface area (Å²) in [7, 11) is 0. The van der Waals surface area contributed by atoms with Gasteiger partial charge in [-0.1, -0.05) is 5.16 Å². The van der Waals surface area contributed by atoms with Gasteiger partial charge in [0.15, 0.2) is 5.82 Å². The minimum Gasteiger partial charge on any atom is -0.394 e. The highest BCUT2D eigenvalue weighted by atomic mass is 16.5. The smallest absolute Gasteiger partial charge is 0.213 e. The van der Waals surface area contributed by atoms with E-state index >= 15 is 0 Å². The summed E-state index contributed by atoms with van der Waals surface area (Å²) in [5, 5.41) is 12.8. The van der Waals surface area contributed by atoms with Gasteiger partial charge in [0.1, 0.15) is 0 Å². The van der Waals surface area contributed by atoms with Gasteiger partial charge in [0, 0.05) is 13.1 Å². The molecule has 0 spiro atoms. The van der Waals surface area contributed by atoms with Crippen LogP contribution in [0.15, 0.2) is 10.9 Å². The van der Waals surface area contributed by atoms with Crippen LogP contribution in [-0.2, 0) is 11.3 Å². The van der Waals surface area contributed by atoms with E-state index in [-0.39, 0.29) is 18.8 Å². The molecule has 6 heteroatoms. The topological polar surface area (TPSA) is 71.6 Å². The molecule has 0 amide bonds. The number of aromatic nitrogens is 2. The van der Waals surface area contributed by atoms with Gasteiger partial charge in [-0.3, -0.25) is 4.90 Å². The highest BCUT2D eigenvalue weighted by molar-refractivity contribution is 4.82. The zero-order chi connectivity index (χ0) is 10.7. The van der Waals surface area contributed by atoms with E-state index in [1.165, 1.54) is 6.39 Å². The molecule has 1 aliphatic heterocycles. The van der Waals surface area contributed by atoms with Crippen molar-refractivity contribution >= 4 is 0 Å². The summed E-state index contributed by atoms with van der Waals surface area (Å²) in [5.74, 6) is 0.667. The summed E-state index contributed by atoms with van der Waals surface area (Å²) in [6.45, 7) is 4.21. The third kappa shape index (κ3) is 2.74. The molecule has 0 aromatic carbocycles. The maximum absolute atomic E-state index is 9.05. The number of hydrogen-bond donors (Lipinski definition) is 1. The molecule has 1 saturated heterocycles. The Labute approximate surface area is 87.8 Å². The summed E-state index contributed by atoms with van der Waals surface area (Å²) in [6.07, 6.45) is 1.34. The normalized spacial score (nSPS) is 28.1. The van der Waals surface area contributed by atoms with Gasteiger partial charge in [0.05, 0.1) is 25.4 Å². The molecule has 1 aromatic heterocycles. The molecule has 1 fully saturated rings. The third-order valence-corrected chi connectivity index (χ3v) is 2.38. The minimum absolute atomic E-state index is 0.0487. The van der Waals surface area contributed by atoms with Crippen LogP contribution in [0.25, 0.3) is 0 Å². The van der Waals surface area contributed by atoms with Gasteiger partial charge in [0.25, 0.3) is 0 Å². The van der Waals surface area contributed by atoms with E-state index in [1.54, 1.807) is 0 Å². The predicted molar refractivity (Wildman–Crippen MR) is 51.0 cm³/mol. The van der Waals surface area contributed by atoms with Crippen molar-refractivity contribution in [2.75, 3.05) is 19.7 Å². The van der Waals surface area contributed by atoms with Crippen LogP contribution in [0.5, 0.6) is 0 Å². The first-order valence-electron chi connectivity index (χ1n) is 5.02. The summed E-state index contributed by atoms with van der Waals surface area (Å²) < 4.78 is 10.2. The Kier molecular flexibility index (Phi) is 3.30. The van der Waals surface area contributed by atoms with Crippen LogP contribution in [0.4, 0.5) is 0 Å². The Bertz CT molecular complexity index is 291. The Morgan fingerprint density at radius 2 is 2.47 bits per heavy atom. The summed E-state index contributed by atoms with van der Waals surface area (Å²) in [6, 6.07) is 0. The fourth-order valence-electron chi connectivity index (χ4n) is 1.83. The fraction of sp³-hybridized carbons (Fsp3) is 0.778. The molecule has 0 aliphatic carbocycles. The van der Waals surface area contributed by atoms with Crippen molar-refractivity contribution in [2.24, 2.45) is 0 Å². The second-order valence-electron chi connectivity index (χ2n) is 3.79. The van der Waals surface area contributed by atoms with Crippen molar-refractivity contribution in [3.05, 3.63) is 12.2 Å². The summed E-state index contributed by atoms with van der Waals surface area (Å²) >= 11 is 0.